The second kappa shape index (κ2) is 8.23. The van der Waals surface area contributed by atoms with Crippen molar-refractivity contribution < 1.29 is 19.1 Å². The lowest BCUT2D eigenvalue weighted by Crippen LogP contribution is -2.54. The number of hydrogen-bond acceptors (Lipinski definition) is 4. The van der Waals surface area contributed by atoms with Gasteiger partial charge in [-0.3, -0.25) is 0 Å². The van der Waals surface area contributed by atoms with Crippen molar-refractivity contribution in [2.45, 2.75) is 64.2 Å². The van der Waals surface area contributed by atoms with Crippen molar-refractivity contribution in [1.82, 2.24) is 10.6 Å². The summed E-state index contributed by atoms with van der Waals surface area (Å²) in [4.78, 5) is 24.1. The highest BCUT2D eigenvalue weighted by atomic mass is 16.6. The summed E-state index contributed by atoms with van der Waals surface area (Å²) < 4.78 is 10.6. The number of carbonyl (C=O) groups excluding carboxylic acids is 2. The molecule has 0 heterocycles. The zero-order chi connectivity index (χ0) is 18.3. The smallest absolute Gasteiger partial charge is 0.407 e. The molecular formula is C19H28N2O4. The molecule has 0 saturated heterocycles. The van der Waals surface area contributed by atoms with Crippen LogP contribution in [0, 0.1) is 0 Å². The molecule has 6 heteroatoms. The fourth-order valence-corrected chi connectivity index (χ4v) is 2.93. The zero-order valence-corrected chi connectivity index (χ0v) is 15.3. The second-order valence-corrected chi connectivity index (χ2v) is 7.53. The molecule has 1 aliphatic carbocycles. The van der Waals surface area contributed by atoms with Crippen molar-refractivity contribution in [3.63, 3.8) is 0 Å². The van der Waals surface area contributed by atoms with Crippen LogP contribution < -0.4 is 10.6 Å². The third kappa shape index (κ3) is 6.64. The normalized spacial score (nSPS) is 16.1. The third-order valence-electron chi connectivity index (χ3n) is 4.11. The Morgan fingerprint density at radius 2 is 1.72 bits per heavy atom. The highest BCUT2D eigenvalue weighted by molar-refractivity contribution is 5.70. The lowest BCUT2D eigenvalue weighted by molar-refractivity contribution is 0.0505. The molecule has 0 atom stereocenters. The van der Waals surface area contributed by atoms with Crippen LogP contribution in [0.2, 0.25) is 0 Å². The van der Waals surface area contributed by atoms with Crippen molar-refractivity contribution in [3.05, 3.63) is 35.9 Å². The number of carbonyl (C=O) groups is 2. The Morgan fingerprint density at radius 1 is 1.08 bits per heavy atom. The summed E-state index contributed by atoms with van der Waals surface area (Å²) >= 11 is 0. The molecule has 1 aliphatic rings. The molecule has 0 aliphatic heterocycles. The Kier molecular flexibility index (Phi) is 6.28. The molecule has 25 heavy (non-hydrogen) atoms. The summed E-state index contributed by atoms with van der Waals surface area (Å²) in [7, 11) is 0. The summed E-state index contributed by atoms with van der Waals surface area (Å²) in [6.07, 6.45) is 2.70. The van der Waals surface area contributed by atoms with Crippen LogP contribution in [0.25, 0.3) is 0 Å². The van der Waals surface area contributed by atoms with Crippen molar-refractivity contribution in [3.8, 4) is 0 Å². The van der Waals surface area contributed by atoms with Gasteiger partial charge in [0.2, 0.25) is 0 Å². The quantitative estimate of drug-likeness (QED) is 0.849. The number of hydrogen-bond donors (Lipinski definition) is 2. The summed E-state index contributed by atoms with van der Waals surface area (Å²) in [6.45, 7) is 6.01. The fourth-order valence-electron chi connectivity index (χ4n) is 2.93. The molecule has 1 saturated carbocycles. The molecule has 0 unspecified atom stereocenters. The van der Waals surface area contributed by atoms with E-state index in [0.717, 1.165) is 31.2 Å². The summed E-state index contributed by atoms with van der Waals surface area (Å²) in [5.41, 5.74) is -0.0791. The van der Waals surface area contributed by atoms with Crippen molar-refractivity contribution in [1.29, 1.82) is 0 Å². The zero-order valence-electron chi connectivity index (χ0n) is 15.3. The van der Waals surface area contributed by atoms with Gasteiger partial charge in [-0.1, -0.05) is 43.2 Å². The van der Waals surface area contributed by atoms with Crippen LogP contribution in [0.4, 0.5) is 9.59 Å². The van der Waals surface area contributed by atoms with Crippen molar-refractivity contribution in [2.75, 3.05) is 6.54 Å². The van der Waals surface area contributed by atoms with Gasteiger partial charge in [0, 0.05) is 6.54 Å². The van der Waals surface area contributed by atoms with Crippen LogP contribution in [0.15, 0.2) is 30.3 Å². The predicted octanol–water partition coefficient (Wildman–Crippen LogP) is 3.75. The van der Waals surface area contributed by atoms with Crippen LogP contribution in [0.3, 0.4) is 0 Å². The maximum atomic E-state index is 12.2. The largest absolute Gasteiger partial charge is 0.445 e. The van der Waals surface area contributed by atoms with Crippen LogP contribution in [0.1, 0.15) is 52.0 Å². The lowest BCUT2D eigenvalue weighted by atomic mass is 9.98. The van der Waals surface area contributed by atoms with Gasteiger partial charge in [-0.25, -0.2) is 9.59 Å². The molecule has 0 aromatic heterocycles. The Bertz CT molecular complexity index is 575. The first-order chi connectivity index (χ1) is 11.8. The van der Waals surface area contributed by atoms with Gasteiger partial charge >= 0.3 is 12.2 Å². The monoisotopic (exact) mass is 348 g/mol. The van der Waals surface area contributed by atoms with E-state index in [-0.39, 0.29) is 6.61 Å². The topological polar surface area (TPSA) is 76.7 Å². The van der Waals surface area contributed by atoms with E-state index in [1.165, 1.54) is 0 Å². The molecule has 1 aromatic rings. The minimum Gasteiger partial charge on any atom is -0.445 e. The van der Waals surface area contributed by atoms with Gasteiger partial charge in [-0.15, -0.1) is 0 Å². The fraction of sp³-hybridized carbons (Fsp3) is 0.579. The molecule has 0 spiro atoms. The minimum atomic E-state index is -0.547. The van der Waals surface area contributed by atoms with Gasteiger partial charge in [-0.2, -0.15) is 0 Å². The van der Waals surface area contributed by atoms with Gasteiger partial charge in [0.15, 0.2) is 0 Å². The van der Waals surface area contributed by atoms with Crippen LogP contribution in [-0.4, -0.2) is 29.9 Å². The molecular weight excluding hydrogens is 320 g/mol. The van der Waals surface area contributed by atoms with E-state index in [1.807, 2.05) is 51.1 Å². The van der Waals surface area contributed by atoms with Crippen LogP contribution in [0.5, 0.6) is 0 Å². The van der Waals surface area contributed by atoms with Gasteiger partial charge in [0.05, 0.1) is 5.54 Å². The van der Waals surface area contributed by atoms with Crippen LogP contribution >= 0.6 is 0 Å². The summed E-state index contributed by atoms with van der Waals surface area (Å²) in [5.74, 6) is 0. The average molecular weight is 348 g/mol. The first kappa shape index (κ1) is 19.1. The van der Waals surface area contributed by atoms with E-state index in [4.69, 9.17) is 9.47 Å². The molecule has 1 aromatic carbocycles. The maximum Gasteiger partial charge on any atom is 0.407 e. The lowest BCUT2D eigenvalue weighted by Gasteiger charge is -2.30. The predicted molar refractivity (Wildman–Crippen MR) is 95.2 cm³/mol. The van der Waals surface area contributed by atoms with Gasteiger partial charge < -0.3 is 20.1 Å². The van der Waals surface area contributed by atoms with E-state index in [0.29, 0.717) is 6.54 Å². The molecule has 0 radical (unpaired) electrons. The number of amides is 2. The molecule has 2 N–H and O–H groups in total. The molecule has 1 fully saturated rings. The summed E-state index contributed by atoms with van der Waals surface area (Å²) in [5, 5.41) is 5.72. The second-order valence-electron chi connectivity index (χ2n) is 7.53. The molecule has 138 valence electrons. The Morgan fingerprint density at radius 3 is 2.32 bits per heavy atom. The number of rotatable bonds is 5. The SMILES string of the molecule is CC(C)(C)OC(=O)NCC1(NC(=O)OCc2ccccc2)CCCC1. The number of benzene rings is 1. The van der Waals surface area contributed by atoms with Crippen molar-refractivity contribution in [2.24, 2.45) is 0 Å². The minimum absolute atomic E-state index is 0.224. The van der Waals surface area contributed by atoms with E-state index in [2.05, 4.69) is 10.6 Å². The molecule has 0 bridgehead atoms. The third-order valence-corrected chi connectivity index (χ3v) is 4.11. The van der Waals surface area contributed by atoms with E-state index in [9.17, 15) is 9.59 Å². The Hall–Kier alpha value is -2.24. The maximum absolute atomic E-state index is 12.2. The number of alkyl carbamates (subject to hydrolysis) is 2. The highest BCUT2D eigenvalue weighted by Gasteiger charge is 2.36. The van der Waals surface area contributed by atoms with Gasteiger partial charge in [0.1, 0.15) is 12.2 Å². The first-order valence-corrected chi connectivity index (χ1v) is 8.74. The molecule has 2 rings (SSSR count). The first-order valence-electron chi connectivity index (χ1n) is 8.74. The van der Waals surface area contributed by atoms with Gasteiger partial charge in [0.25, 0.3) is 0 Å². The van der Waals surface area contributed by atoms with E-state index in [1.54, 1.807) is 0 Å². The number of nitrogens with one attached hydrogen (secondary N) is 2. The molecule has 2 amide bonds. The Labute approximate surface area is 149 Å². The molecule has 6 nitrogen and oxygen atoms in total. The summed E-state index contributed by atoms with van der Waals surface area (Å²) in [6, 6.07) is 9.53. The number of ether oxygens (including phenoxy) is 2. The van der Waals surface area contributed by atoms with E-state index >= 15 is 0 Å². The standard InChI is InChI=1S/C19H28N2O4/c1-18(2,3)25-16(22)20-14-19(11-7-8-12-19)21-17(23)24-13-15-9-5-4-6-10-15/h4-6,9-10H,7-8,11-14H2,1-3H3,(H,20,22)(H,21,23). The average Bonchev–Trinajstić information content (AvgIpc) is 2.99. The van der Waals surface area contributed by atoms with Gasteiger partial charge in [-0.05, 0) is 39.2 Å². The highest BCUT2D eigenvalue weighted by Crippen LogP contribution is 2.29. The van der Waals surface area contributed by atoms with Crippen LogP contribution in [-0.2, 0) is 16.1 Å². The Balaban J connectivity index is 1.84. The van der Waals surface area contributed by atoms with Crippen molar-refractivity contribution >= 4 is 12.2 Å². The van der Waals surface area contributed by atoms with E-state index < -0.39 is 23.3 Å².